The maximum atomic E-state index is 12.7. The van der Waals surface area contributed by atoms with E-state index < -0.39 is 14.9 Å². The molecule has 1 aromatic carbocycles. The summed E-state index contributed by atoms with van der Waals surface area (Å²) in [6, 6.07) is 3.79. The molecule has 14 heavy (non-hydrogen) atoms. The van der Waals surface area contributed by atoms with Crippen molar-refractivity contribution in [3.8, 4) is 0 Å². The van der Waals surface area contributed by atoms with E-state index in [4.69, 9.17) is 22.3 Å². The molecule has 0 aliphatic heterocycles. The molecule has 1 aromatic rings. The van der Waals surface area contributed by atoms with Gasteiger partial charge in [0, 0.05) is 15.7 Å². The zero-order valence-corrected chi connectivity index (χ0v) is 9.33. The Bertz CT molecular complexity index is 431. The fourth-order valence-corrected chi connectivity index (χ4v) is 1.87. The first-order valence-corrected chi connectivity index (χ1v) is 6.60. The van der Waals surface area contributed by atoms with Crippen molar-refractivity contribution in [2.24, 2.45) is 0 Å². The summed E-state index contributed by atoms with van der Waals surface area (Å²) in [4.78, 5) is 0. The topological polar surface area (TPSA) is 34.1 Å². The molecule has 0 saturated carbocycles. The average Bonchev–Trinajstić information content (AvgIpc) is 2.05. The standard InChI is InChI=1S/C8H7Cl2FO2S/c9-8-2-1-7(11)5-6(8)3-4-14(10,12)13/h1-2,5H,3-4H2. The fraction of sp³-hybridized carbons (Fsp3) is 0.250. The van der Waals surface area contributed by atoms with Crippen molar-refractivity contribution in [3.05, 3.63) is 34.6 Å². The molecule has 0 aromatic heterocycles. The number of benzene rings is 1. The summed E-state index contributed by atoms with van der Waals surface area (Å²) in [7, 11) is 1.45. The van der Waals surface area contributed by atoms with Crippen molar-refractivity contribution in [1.29, 1.82) is 0 Å². The van der Waals surface area contributed by atoms with Gasteiger partial charge in [-0.3, -0.25) is 0 Å². The van der Waals surface area contributed by atoms with E-state index in [9.17, 15) is 12.8 Å². The van der Waals surface area contributed by atoms with Gasteiger partial charge in [-0.15, -0.1) is 0 Å². The third-order valence-corrected chi connectivity index (χ3v) is 3.15. The van der Waals surface area contributed by atoms with Crippen LogP contribution in [0.1, 0.15) is 5.56 Å². The van der Waals surface area contributed by atoms with Gasteiger partial charge in [-0.05, 0) is 30.2 Å². The van der Waals surface area contributed by atoms with Gasteiger partial charge < -0.3 is 0 Å². The molecule has 0 atom stereocenters. The highest BCUT2D eigenvalue weighted by atomic mass is 35.7. The number of aryl methyl sites for hydroxylation is 1. The van der Waals surface area contributed by atoms with E-state index in [0.29, 0.717) is 10.6 Å². The molecule has 0 amide bonds. The average molecular weight is 257 g/mol. The van der Waals surface area contributed by atoms with Crippen LogP contribution in [0.15, 0.2) is 18.2 Å². The summed E-state index contributed by atoms with van der Waals surface area (Å²) in [5.41, 5.74) is 0.441. The van der Waals surface area contributed by atoms with Crippen molar-refractivity contribution in [3.63, 3.8) is 0 Å². The molecule has 0 saturated heterocycles. The number of hydrogen-bond donors (Lipinski definition) is 0. The van der Waals surface area contributed by atoms with Crippen LogP contribution in [0.4, 0.5) is 4.39 Å². The van der Waals surface area contributed by atoms with E-state index in [1.165, 1.54) is 18.2 Å². The second kappa shape index (κ2) is 4.47. The van der Waals surface area contributed by atoms with Gasteiger partial charge in [0.05, 0.1) is 5.75 Å². The van der Waals surface area contributed by atoms with Gasteiger partial charge in [-0.1, -0.05) is 11.6 Å². The predicted molar refractivity (Wildman–Crippen MR) is 54.8 cm³/mol. The number of halogens is 3. The Morgan fingerprint density at radius 2 is 2.00 bits per heavy atom. The lowest BCUT2D eigenvalue weighted by Gasteiger charge is -2.02. The van der Waals surface area contributed by atoms with Gasteiger partial charge in [-0.25, -0.2) is 12.8 Å². The minimum Gasteiger partial charge on any atom is -0.212 e. The Morgan fingerprint density at radius 1 is 1.36 bits per heavy atom. The van der Waals surface area contributed by atoms with Crippen molar-refractivity contribution in [2.75, 3.05) is 5.75 Å². The van der Waals surface area contributed by atoms with Crippen LogP contribution in [0.25, 0.3) is 0 Å². The van der Waals surface area contributed by atoms with E-state index in [1.54, 1.807) is 0 Å². The lowest BCUT2D eigenvalue weighted by Crippen LogP contribution is -2.01. The summed E-state index contributed by atoms with van der Waals surface area (Å²) in [5, 5.41) is 0.340. The van der Waals surface area contributed by atoms with E-state index in [-0.39, 0.29) is 12.2 Å². The highest BCUT2D eigenvalue weighted by molar-refractivity contribution is 8.13. The molecule has 0 unspecified atom stereocenters. The summed E-state index contributed by atoms with van der Waals surface area (Å²) in [5.74, 6) is -0.700. The quantitative estimate of drug-likeness (QED) is 0.780. The monoisotopic (exact) mass is 256 g/mol. The third-order valence-electron chi connectivity index (χ3n) is 1.62. The SMILES string of the molecule is O=S(=O)(Cl)CCc1cc(F)ccc1Cl. The first kappa shape index (κ1) is 11.8. The fourth-order valence-electron chi connectivity index (χ4n) is 0.967. The van der Waals surface area contributed by atoms with E-state index in [0.717, 1.165) is 0 Å². The van der Waals surface area contributed by atoms with Gasteiger partial charge in [0.25, 0.3) is 0 Å². The summed E-state index contributed by atoms with van der Waals surface area (Å²) >= 11 is 5.72. The van der Waals surface area contributed by atoms with Crippen LogP contribution in [-0.2, 0) is 15.5 Å². The second-order valence-corrected chi connectivity index (χ2v) is 6.03. The molecule has 0 fully saturated rings. The van der Waals surface area contributed by atoms with Gasteiger partial charge in [0.2, 0.25) is 9.05 Å². The molecular weight excluding hydrogens is 250 g/mol. The van der Waals surface area contributed by atoms with E-state index in [2.05, 4.69) is 0 Å². The lowest BCUT2D eigenvalue weighted by molar-refractivity contribution is 0.607. The maximum absolute atomic E-state index is 12.7. The van der Waals surface area contributed by atoms with Crippen LogP contribution >= 0.6 is 22.3 Å². The minimum absolute atomic E-state index is 0.114. The Hall–Kier alpha value is -0.320. The Morgan fingerprint density at radius 3 is 2.57 bits per heavy atom. The largest absolute Gasteiger partial charge is 0.232 e. The van der Waals surface area contributed by atoms with Crippen LogP contribution in [0, 0.1) is 5.82 Å². The van der Waals surface area contributed by atoms with Crippen molar-refractivity contribution < 1.29 is 12.8 Å². The zero-order valence-electron chi connectivity index (χ0n) is 7.00. The minimum atomic E-state index is -3.56. The molecule has 0 radical (unpaired) electrons. The zero-order chi connectivity index (χ0) is 10.8. The highest BCUT2D eigenvalue weighted by Crippen LogP contribution is 2.18. The van der Waals surface area contributed by atoms with E-state index >= 15 is 0 Å². The van der Waals surface area contributed by atoms with E-state index in [1.807, 2.05) is 0 Å². The maximum Gasteiger partial charge on any atom is 0.232 e. The van der Waals surface area contributed by atoms with Crippen molar-refractivity contribution in [1.82, 2.24) is 0 Å². The first-order valence-electron chi connectivity index (χ1n) is 3.75. The number of hydrogen-bond acceptors (Lipinski definition) is 2. The van der Waals surface area contributed by atoms with Crippen molar-refractivity contribution >= 4 is 31.3 Å². The molecule has 0 aliphatic rings. The Labute approximate surface area is 91.1 Å². The van der Waals surface area contributed by atoms with Crippen LogP contribution < -0.4 is 0 Å². The van der Waals surface area contributed by atoms with Crippen LogP contribution in [-0.4, -0.2) is 14.2 Å². The second-order valence-electron chi connectivity index (χ2n) is 2.73. The molecule has 1 rings (SSSR count). The van der Waals surface area contributed by atoms with Crippen LogP contribution in [0.2, 0.25) is 5.02 Å². The van der Waals surface area contributed by atoms with Gasteiger partial charge in [-0.2, -0.15) is 0 Å². The Balaban J connectivity index is 2.81. The molecule has 0 heterocycles. The number of rotatable bonds is 3. The summed E-state index contributed by atoms with van der Waals surface area (Å²) < 4.78 is 34.0. The van der Waals surface area contributed by atoms with Gasteiger partial charge in [0.15, 0.2) is 0 Å². The molecular formula is C8H7Cl2FO2S. The molecule has 0 bridgehead atoms. The third kappa shape index (κ3) is 3.82. The normalized spacial score (nSPS) is 11.6. The summed E-state index contributed by atoms with van der Waals surface area (Å²) in [6.07, 6.45) is 0.114. The smallest absolute Gasteiger partial charge is 0.212 e. The van der Waals surface area contributed by atoms with Crippen molar-refractivity contribution in [2.45, 2.75) is 6.42 Å². The molecule has 0 aliphatic carbocycles. The summed E-state index contributed by atoms with van der Waals surface area (Å²) in [6.45, 7) is 0. The molecule has 2 nitrogen and oxygen atoms in total. The first-order chi connectivity index (χ1) is 6.38. The van der Waals surface area contributed by atoms with Crippen LogP contribution in [0.5, 0.6) is 0 Å². The van der Waals surface area contributed by atoms with Gasteiger partial charge in [0.1, 0.15) is 5.82 Å². The highest BCUT2D eigenvalue weighted by Gasteiger charge is 2.08. The van der Waals surface area contributed by atoms with Gasteiger partial charge >= 0.3 is 0 Å². The predicted octanol–water partition coefficient (Wildman–Crippen LogP) is 2.59. The molecule has 78 valence electrons. The van der Waals surface area contributed by atoms with Crippen LogP contribution in [0.3, 0.4) is 0 Å². The molecule has 0 spiro atoms. The Kier molecular flexibility index (Phi) is 3.75. The molecule has 0 N–H and O–H groups in total. The molecule has 6 heteroatoms. The lowest BCUT2D eigenvalue weighted by atomic mass is 10.2.